The normalized spacial score (nSPS) is 17.7. The van der Waals surface area contributed by atoms with Crippen LogP contribution < -0.4 is 5.32 Å². The standard InChI is InChI=1S/C24H36N4O/c1-19(2)13-20-6-8-21(9-7-20)17-28-11-4-5-23(18-28)25-14-22-15-26-24(27-16-22)10-12-29-3/h6-9,15-16,19,23,25H,4-5,10-14,17-18H2,1-3H3/t23-/m0/s1. The summed E-state index contributed by atoms with van der Waals surface area (Å²) in [6.45, 7) is 9.36. The summed E-state index contributed by atoms with van der Waals surface area (Å²) in [4.78, 5) is 11.4. The Kier molecular flexibility index (Phi) is 8.59. The number of rotatable bonds is 10. The number of aromatic nitrogens is 2. The highest BCUT2D eigenvalue weighted by molar-refractivity contribution is 5.23. The van der Waals surface area contributed by atoms with Crippen LogP contribution in [0.3, 0.4) is 0 Å². The monoisotopic (exact) mass is 396 g/mol. The van der Waals surface area contributed by atoms with Gasteiger partial charge in [-0.05, 0) is 42.9 Å². The van der Waals surface area contributed by atoms with Crippen molar-refractivity contribution in [2.24, 2.45) is 5.92 Å². The molecule has 5 heteroatoms. The zero-order valence-corrected chi connectivity index (χ0v) is 18.2. The van der Waals surface area contributed by atoms with Crippen molar-refractivity contribution in [3.05, 3.63) is 59.2 Å². The molecule has 5 nitrogen and oxygen atoms in total. The predicted octanol–water partition coefficient (Wildman–Crippen LogP) is 3.62. The summed E-state index contributed by atoms with van der Waals surface area (Å²) in [5.74, 6) is 1.56. The molecule has 0 aliphatic carbocycles. The Morgan fingerprint density at radius 2 is 1.83 bits per heavy atom. The molecule has 3 rings (SSSR count). The maximum Gasteiger partial charge on any atom is 0.130 e. The number of hydrogen-bond acceptors (Lipinski definition) is 5. The van der Waals surface area contributed by atoms with Crippen molar-refractivity contribution in [3.8, 4) is 0 Å². The molecule has 1 aliphatic rings. The minimum Gasteiger partial charge on any atom is -0.384 e. The number of piperidine rings is 1. The molecular weight excluding hydrogens is 360 g/mol. The van der Waals surface area contributed by atoms with Gasteiger partial charge in [0.15, 0.2) is 0 Å². The van der Waals surface area contributed by atoms with Gasteiger partial charge < -0.3 is 10.1 Å². The Labute approximate surface area is 175 Å². The molecule has 158 valence electrons. The second-order valence-electron chi connectivity index (χ2n) is 8.62. The van der Waals surface area contributed by atoms with Gasteiger partial charge in [0.25, 0.3) is 0 Å². The summed E-state index contributed by atoms with van der Waals surface area (Å²) < 4.78 is 5.08. The Bertz CT molecular complexity index is 715. The molecule has 1 aliphatic heterocycles. The SMILES string of the molecule is COCCc1ncc(CN[C@H]2CCCN(Cc3ccc(CC(C)C)cc3)C2)cn1. The number of likely N-dealkylation sites (tertiary alicyclic amines) is 1. The molecule has 1 aromatic heterocycles. The zero-order valence-electron chi connectivity index (χ0n) is 18.2. The lowest BCUT2D eigenvalue weighted by atomic mass is 10.0. The van der Waals surface area contributed by atoms with Crippen LogP contribution in [0.1, 0.15) is 49.2 Å². The van der Waals surface area contributed by atoms with E-state index in [1.807, 2.05) is 12.4 Å². The molecule has 1 aromatic carbocycles. The van der Waals surface area contributed by atoms with Crippen molar-refractivity contribution in [2.45, 2.75) is 58.7 Å². The predicted molar refractivity (Wildman–Crippen MR) is 118 cm³/mol. The molecule has 1 fully saturated rings. The second kappa shape index (κ2) is 11.4. The van der Waals surface area contributed by atoms with E-state index in [2.05, 4.69) is 58.3 Å². The highest BCUT2D eigenvalue weighted by Gasteiger charge is 2.19. The highest BCUT2D eigenvalue weighted by Crippen LogP contribution is 2.16. The van der Waals surface area contributed by atoms with Gasteiger partial charge >= 0.3 is 0 Å². The van der Waals surface area contributed by atoms with Gasteiger partial charge in [-0.15, -0.1) is 0 Å². The van der Waals surface area contributed by atoms with Crippen LogP contribution in [0, 0.1) is 5.92 Å². The zero-order chi connectivity index (χ0) is 20.5. The van der Waals surface area contributed by atoms with E-state index in [0.717, 1.165) is 43.9 Å². The Morgan fingerprint density at radius 1 is 1.10 bits per heavy atom. The van der Waals surface area contributed by atoms with E-state index in [4.69, 9.17) is 4.74 Å². The maximum absolute atomic E-state index is 5.08. The van der Waals surface area contributed by atoms with Crippen LogP contribution in [0.15, 0.2) is 36.7 Å². The van der Waals surface area contributed by atoms with Crippen LogP contribution in [-0.2, 0) is 30.7 Å². The molecule has 0 unspecified atom stereocenters. The number of hydrogen-bond donors (Lipinski definition) is 1. The Balaban J connectivity index is 1.44. The number of benzene rings is 1. The molecule has 0 amide bonds. The third-order valence-electron chi connectivity index (χ3n) is 5.46. The van der Waals surface area contributed by atoms with Crippen molar-refractivity contribution < 1.29 is 4.74 Å². The summed E-state index contributed by atoms with van der Waals surface area (Å²) >= 11 is 0. The largest absolute Gasteiger partial charge is 0.384 e. The van der Waals surface area contributed by atoms with E-state index in [9.17, 15) is 0 Å². The van der Waals surface area contributed by atoms with Crippen molar-refractivity contribution in [1.82, 2.24) is 20.2 Å². The first-order chi connectivity index (χ1) is 14.1. The first kappa shape index (κ1) is 21.9. The van der Waals surface area contributed by atoms with Gasteiger partial charge in [-0.25, -0.2) is 9.97 Å². The second-order valence-corrected chi connectivity index (χ2v) is 8.62. The number of ether oxygens (including phenoxy) is 1. The molecular formula is C24H36N4O. The average Bonchev–Trinajstić information content (AvgIpc) is 2.73. The topological polar surface area (TPSA) is 50.3 Å². The first-order valence-corrected chi connectivity index (χ1v) is 10.9. The summed E-state index contributed by atoms with van der Waals surface area (Å²) in [5, 5.41) is 3.70. The molecule has 1 N–H and O–H groups in total. The third kappa shape index (κ3) is 7.50. The van der Waals surface area contributed by atoms with Crippen LogP contribution in [0.5, 0.6) is 0 Å². The number of nitrogens with one attached hydrogen (secondary N) is 1. The number of methoxy groups -OCH3 is 1. The quantitative estimate of drug-likeness (QED) is 0.665. The Hall–Kier alpha value is -1.82. The van der Waals surface area contributed by atoms with Gasteiger partial charge in [-0.3, -0.25) is 4.90 Å². The Morgan fingerprint density at radius 3 is 2.52 bits per heavy atom. The summed E-state index contributed by atoms with van der Waals surface area (Å²) in [7, 11) is 1.70. The van der Waals surface area contributed by atoms with Gasteiger partial charge in [-0.1, -0.05) is 38.1 Å². The van der Waals surface area contributed by atoms with Crippen LogP contribution in [0.4, 0.5) is 0 Å². The number of nitrogens with zero attached hydrogens (tertiary/aromatic N) is 3. The molecule has 1 atom stereocenters. The molecule has 29 heavy (non-hydrogen) atoms. The fraction of sp³-hybridized carbons (Fsp3) is 0.583. The van der Waals surface area contributed by atoms with Gasteiger partial charge in [0.05, 0.1) is 6.61 Å². The van der Waals surface area contributed by atoms with Crippen molar-refractivity contribution >= 4 is 0 Å². The fourth-order valence-corrected chi connectivity index (χ4v) is 3.93. The molecule has 2 heterocycles. The average molecular weight is 397 g/mol. The van der Waals surface area contributed by atoms with E-state index in [1.165, 1.54) is 30.5 Å². The molecule has 0 bridgehead atoms. The highest BCUT2D eigenvalue weighted by atomic mass is 16.5. The third-order valence-corrected chi connectivity index (χ3v) is 5.46. The molecule has 2 aromatic rings. The summed E-state index contributed by atoms with van der Waals surface area (Å²) in [6, 6.07) is 9.72. The van der Waals surface area contributed by atoms with Crippen LogP contribution in [-0.4, -0.2) is 47.7 Å². The van der Waals surface area contributed by atoms with E-state index < -0.39 is 0 Å². The lowest BCUT2D eigenvalue weighted by Gasteiger charge is -2.33. The lowest BCUT2D eigenvalue weighted by Crippen LogP contribution is -2.45. The van der Waals surface area contributed by atoms with Gasteiger partial charge in [0.2, 0.25) is 0 Å². The van der Waals surface area contributed by atoms with Gasteiger partial charge in [0, 0.05) is 57.2 Å². The molecule has 0 radical (unpaired) electrons. The molecule has 0 saturated carbocycles. The lowest BCUT2D eigenvalue weighted by molar-refractivity contribution is 0.182. The minimum atomic E-state index is 0.525. The smallest absolute Gasteiger partial charge is 0.130 e. The molecule has 1 saturated heterocycles. The van der Waals surface area contributed by atoms with Crippen LogP contribution in [0.2, 0.25) is 0 Å². The van der Waals surface area contributed by atoms with Gasteiger partial charge in [-0.2, -0.15) is 0 Å². The minimum absolute atomic E-state index is 0.525. The first-order valence-electron chi connectivity index (χ1n) is 10.9. The van der Waals surface area contributed by atoms with Crippen molar-refractivity contribution in [2.75, 3.05) is 26.8 Å². The van der Waals surface area contributed by atoms with Crippen molar-refractivity contribution in [1.29, 1.82) is 0 Å². The van der Waals surface area contributed by atoms with Crippen molar-refractivity contribution in [3.63, 3.8) is 0 Å². The van der Waals surface area contributed by atoms with E-state index >= 15 is 0 Å². The maximum atomic E-state index is 5.08. The van der Waals surface area contributed by atoms with Gasteiger partial charge in [0.1, 0.15) is 5.82 Å². The van der Waals surface area contributed by atoms with E-state index in [0.29, 0.717) is 18.6 Å². The van der Waals surface area contributed by atoms with E-state index in [1.54, 1.807) is 7.11 Å². The van der Waals surface area contributed by atoms with Crippen LogP contribution >= 0.6 is 0 Å². The van der Waals surface area contributed by atoms with E-state index in [-0.39, 0.29) is 0 Å². The fourth-order valence-electron chi connectivity index (χ4n) is 3.93. The summed E-state index contributed by atoms with van der Waals surface area (Å²) in [5.41, 5.74) is 4.00. The molecule has 0 spiro atoms. The summed E-state index contributed by atoms with van der Waals surface area (Å²) in [6.07, 6.45) is 8.27. The van der Waals surface area contributed by atoms with Crippen LogP contribution in [0.25, 0.3) is 0 Å².